The van der Waals surface area contributed by atoms with Crippen molar-refractivity contribution in [2.45, 2.75) is 19.5 Å². The first kappa shape index (κ1) is 18.7. The molecule has 1 aliphatic heterocycles. The summed E-state index contributed by atoms with van der Waals surface area (Å²) in [6, 6.07) is 10.8. The molecule has 148 valence electrons. The first-order chi connectivity index (χ1) is 14.2. The predicted molar refractivity (Wildman–Crippen MR) is 105 cm³/mol. The summed E-state index contributed by atoms with van der Waals surface area (Å²) in [6.45, 7) is 1.25. The second-order valence-corrected chi connectivity index (χ2v) is 6.78. The molecule has 0 saturated carbocycles. The molecule has 29 heavy (non-hydrogen) atoms. The van der Waals surface area contributed by atoms with Gasteiger partial charge in [0.2, 0.25) is 0 Å². The van der Waals surface area contributed by atoms with Gasteiger partial charge in [-0.25, -0.2) is 0 Å². The number of methoxy groups -OCH3 is 1. The van der Waals surface area contributed by atoms with E-state index >= 15 is 0 Å². The van der Waals surface area contributed by atoms with Gasteiger partial charge in [-0.3, -0.25) is 19.7 Å². The monoisotopic (exact) mass is 391 g/mol. The van der Waals surface area contributed by atoms with Crippen molar-refractivity contribution in [3.63, 3.8) is 0 Å². The number of ether oxygens (including phenoxy) is 1. The van der Waals surface area contributed by atoms with Crippen LogP contribution in [0.5, 0.6) is 5.75 Å². The van der Waals surface area contributed by atoms with Crippen molar-refractivity contribution in [1.82, 2.24) is 25.4 Å². The maximum atomic E-state index is 12.9. The number of hydrogen-bond acceptors (Lipinski definition) is 5. The van der Waals surface area contributed by atoms with E-state index in [-0.39, 0.29) is 11.8 Å². The van der Waals surface area contributed by atoms with Crippen LogP contribution >= 0.6 is 0 Å². The average molecular weight is 391 g/mol. The number of carbonyl (C=O) groups is 2. The van der Waals surface area contributed by atoms with Crippen LogP contribution in [0.2, 0.25) is 0 Å². The van der Waals surface area contributed by atoms with Crippen molar-refractivity contribution in [3.8, 4) is 5.75 Å². The number of hydrogen-bond donors (Lipinski definition) is 2. The number of pyridine rings is 1. The quantitative estimate of drug-likeness (QED) is 0.692. The molecule has 2 N–H and O–H groups in total. The van der Waals surface area contributed by atoms with Gasteiger partial charge in [-0.15, -0.1) is 0 Å². The number of aromatic nitrogens is 3. The molecule has 2 aromatic heterocycles. The second kappa shape index (κ2) is 8.14. The summed E-state index contributed by atoms with van der Waals surface area (Å²) in [6.07, 6.45) is 4.01. The van der Waals surface area contributed by atoms with Gasteiger partial charge in [0.15, 0.2) is 5.69 Å². The first-order valence-corrected chi connectivity index (χ1v) is 9.32. The summed E-state index contributed by atoms with van der Waals surface area (Å²) in [5.41, 5.74) is 3.44. The lowest BCUT2D eigenvalue weighted by Gasteiger charge is -2.27. The Kier molecular flexibility index (Phi) is 5.24. The lowest BCUT2D eigenvalue weighted by molar-refractivity contribution is 0.0731. The Labute approximate surface area is 167 Å². The Morgan fingerprint density at radius 1 is 1.28 bits per heavy atom. The molecule has 1 aromatic carbocycles. The molecule has 1 aliphatic rings. The third-order valence-corrected chi connectivity index (χ3v) is 4.93. The van der Waals surface area contributed by atoms with Crippen LogP contribution in [0.4, 0.5) is 0 Å². The van der Waals surface area contributed by atoms with Crippen molar-refractivity contribution in [2.24, 2.45) is 0 Å². The van der Waals surface area contributed by atoms with Gasteiger partial charge in [-0.1, -0.05) is 12.1 Å². The SMILES string of the molecule is COc1cccc(C(=O)N2CCc3[nH]nc(C(=O)NCc4cccnc4)c3C2)c1. The van der Waals surface area contributed by atoms with Crippen LogP contribution in [0, 0.1) is 0 Å². The van der Waals surface area contributed by atoms with E-state index in [2.05, 4.69) is 20.5 Å². The van der Waals surface area contributed by atoms with Gasteiger partial charge in [-0.2, -0.15) is 5.10 Å². The molecule has 0 saturated heterocycles. The summed E-state index contributed by atoms with van der Waals surface area (Å²) in [5, 5.41) is 10.00. The number of nitrogens with one attached hydrogen (secondary N) is 2. The number of aromatic amines is 1. The van der Waals surface area contributed by atoms with E-state index in [0.717, 1.165) is 16.8 Å². The smallest absolute Gasteiger partial charge is 0.272 e. The maximum Gasteiger partial charge on any atom is 0.272 e. The molecular formula is C21H21N5O3. The molecule has 8 nitrogen and oxygen atoms in total. The van der Waals surface area contributed by atoms with Crippen LogP contribution in [0.3, 0.4) is 0 Å². The van der Waals surface area contributed by atoms with E-state index in [1.165, 1.54) is 0 Å². The highest BCUT2D eigenvalue weighted by Crippen LogP contribution is 2.23. The van der Waals surface area contributed by atoms with E-state index < -0.39 is 0 Å². The van der Waals surface area contributed by atoms with Gasteiger partial charge in [-0.05, 0) is 29.8 Å². The fourth-order valence-corrected chi connectivity index (χ4v) is 3.36. The minimum absolute atomic E-state index is 0.0996. The molecule has 4 rings (SSSR count). The Bertz CT molecular complexity index is 1030. The lowest BCUT2D eigenvalue weighted by atomic mass is 10.0. The van der Waals surface area contributed by atoms with E-state index in [4.69, 9.17) is 4.74 Å². The number of fused-ring (bicyclic) bond motifs is 1. The van der Waals surface area contributed by atoms with Crippen LogP contribution < -0.4 is 10.1 Å². The van der Waals surface area contributed by atoms with Crippen molar-refractivity contribution >= 4 is 11.8 Å². The number of benzene rings is 1. The molecule has 0 spiro atoms. The average Bonchev–Trinajstić information content (AvgIpc) is 3.21. The predicted octanol–water partition coefficient (Wildman–Crippen LogP) is 1.94. The molecule has 3 heterocycles. The van der Waals surface area contributed by atoms with Crippen molar-refractivity contribution in [3.05, 3.63) is 76.9 Å². The molecule has 2 amide bonds. The third-order valence-electron chi connectivity index (χ3n) is 4.93. The van der Waals surface area contributed by atoms with E-state index in [1.807, 2.05) is 12.1 Å². The second-order valence-electron chi connectivity index (χ2n) is 6.78. The topological polar surface area (TPSA) is 100 Å². The Morgan fingerprint density at radius 2 is 2.17 bits per heavy atom. The van der Waals surface area contributed by atoms with Crippen LogP contribution in [0.1, 0.15) is 37.7 Å². The van der Waals surface area contributed by atoms with Gasteiger partial charge in [0.1, 0.15) is 5.75 Å². The van der Waals surface area contributed by atoms with Crippen LogP contribution in [-0.4, -0.2) is 45.6 Å². The summed E-state index contributed by atoms with van der Waals surface area (Å²) in [5.74, 6) is 0.256. The van der Waals surface area contributed by atoms with Crippen LogP contribution in [0.15, 0.2) is 48.8 Å². The first-order valence-electron chi connectivity index (χ1n) is 9.32. The van der Waals surface area contributed by atoms with Gasteiger partial charge >= 0.3 is 0 Å². The molecule has 0 aliphatic carbocycles. The molecule has 0 atom stereocenters. The molecule has 0 bridgehead atoms. The van der Waals surface area contributed by atoms with Crippen molar-refractivity contribution < 1.29 is 14.3 Å². The highest BCUT2D eigenvalue weighted by molar-refractivity contribution is 5.96. The molecule has 3 aromatic rings. The van der Waals surface area contributed by atoms with Crippen LogP contribution in [-0.2, 0) is 19.5 Å². The summed E-state index contributed by atoms with van der Waals surface area (Å²) in [4.78, 5) is 31.3. The number of amides is 2. The molecule has 0 radical (unpaired) electrons. The molecule has 8 heteroatoms. The lowest BCUT2D eigenvalue weighted by Crippen LogP contribution is -2.36. The fourth-order valence-electron chi connectivity index (χ4n) is 3.36. The molecule has 0 unspecified atom stereocenters. The standard InChI is InChI=1S/C21H21N5O3/c1-29-16-6-2-5-15(10-16)21(28)26-9-7-18-17(13-26)19(25-24-18)20(27)23-12-14-4-3-8-22-11-14/h2-6,8,10-11H,7,9,12-13H2,1H3,(H,23,27)(H,24,25). The zero-order valence-electron chi connectivity index (χ0n) is 16.0. The number of nitrogens with zero attached hydrogens (tertiary/aromatic N) is 3. The highest BCUT2D eigenvalue weighted by atomic mass is 16.5. The maximum absolute atomic E-state index is 12.9. The van der Waals surface area contributed by atoms with Crippen LogP contribution in [0.25, 0.3) is 0 Å². The zero-order chi connectivity index (χ0) is 20.2. The van der Waals surface area contributed by atoms with Gasteiger partial charge in [0.25, 0.3) is 11.8 Å². The number of H-pyrrole nitrogens is 1. The summed E-state index contributed by atoms with van der Waals surface area (Å²) < 4.78 is 5.21. The highest BCUT2D eigenvalue weighted by Gasteiger charge is 2.28. The van der Waals surface area contributed by atoms with E-state index in [0.29, 0.717) is 43.1 Å². The largest absolute Gasteiger partial charge is 0.497 e. The van der Waals surface area contributed by atoms with Gasteiger partial charge in [0, 0.05) is 48.7 Å². The number of rotatable bonds is 5. The Hall–Kier alpha value is -3.68. The molecular weight excluding hydrogens is 370 g/mol. The van der Waals surface area contributed by atoms with Crippen molar-refractivity contribution in [2.75, 3.05) is 13.7 Å². The fraction of sp³-hybridized carbons (Fsp3) is 0.238. The minimum atomic E-state index is -0.276. The van der Waals surface area contributed by atoms with E-state index in [1.54, 1.807) is 48.7 Å². The summed E-state index contributed by atoms with van der Waals surface area (Å²) >= 11 is 0. The minimum Gasteiger partial charge on any atom is -0.497 e. The molecule has 0 fully saturated rings. The van der Waals surface area contributed by atoms with Gasteiger partial charge in [0.05, 0.1) is 13.7 Å². The number of carbonyl (C=O) groups excluding carboxylic acids is 2. The Morgan fingerprint density at radius 3 is 2.97 bits per heavy atom. The zero-order valence-corrected chi connectivity index (χ0v) is 16.0. The Balaban J connectivity index is 1.48. The normalized spacial score (nSPS) is 12.9. The van der Waals surface area contributed by atoms with Gasteiger partial charge < -0.3 is 15.0 Å². The van der Waals surface area contributed by atoms with Crippen molar-refractivity contribution in [1.29, 1.82) is 0 Å². The van der Waals surface area contributed by atoms with E-state index in [9.17, 15) is 9.59 Å². The summed E-state index contributed by atoms with van der Waals surface area (Å²) in [7, 11) is 1.57. The third kappa shape index (κ3) is 3.96.